The maximum Gasteiger partial charge on any atom is 0.258 e. The normalized spacial score (nSPS) is 20.2. The smallest absolute Gasteiger partial charge is 0.258 e. The van der Waals surface area contributed by atoms with Gasteiger partial charge >= 0.3 is 0 Å². The highest BCUT2D eigenvalue weighted by Crippen LogP contribution is 2.40. The van der Waals surface area contributed by atoms with Crippen LogP contribution in [0.2, 0.25) is 0 Å². The third-order valence-electron chi connectivity index (χ3n) is 6.03. The number of nitrogens with zero attached hydrogens (tertiary/aromatic N) is 2. The number of hydrogen-bond donors (Lipinski definition) is 0. The average Bonchev–Trinajstić information content (AvgIpc) is 3.33. The first-order valence-corrected chi connectivity index (χ1v) is 11.6. The van der Waals surface area contributed by atoms with Gasteiger partial charge in [0.25, 0.3) is 5.91 Å². The zero-order valence-corrected chi connectivity index (χ0v) is 18.2. The van der Waals surface area contributed by atoms with Gasteiger partial charge in [-0.1, -0.05) is 60.7 Å². The Kier molecular flexibility index (Phi) is 5.28. The second kappa shape index (κ2) is 8.23. The molecule has 0 aromatic heterocycles. The van der Waals surface area contributed by atoms with E-state index in [1.807, 2.05) is 82.6 Å². The van der Waals surface area contributed by atoms with E-state index in [0.717, 1.165) is 23.2 Å². The van der Waals surface area contributed by atoms with E-state index in [1.54, 1.807) is 11.8 Å². The summed E-state index contributed by atoms with van der Waals surface area (Å²) in [6.45, 7) is 2.69. The van der Waals surface area contributed by atoms with Crippen LogP contribution >= 0.6 is 11.8 Å². The predicted molar refractivity (Wildman–Crippen MR) is 125 cm³/mol. The van der Waals surface area contributed by atoms with Gasteiger partial charge < -0.3 is 9.80 Å². The van der Waals surface area contributed by atoms with E-state index in [1.165, 1.54) is 5.56 Å². The number of anilines is 1. The SMILES string of the molecule is C[C@@H]1Cc2ccccc2N1C(=O)c1ccc([C@@H]2SCC(=O)N2Cc2ccccc2)cc1. The van der Waals surface area contributed by atoms with Gasteiger partial charge in [0, 0.05) is 23.8 Å². The molecule has 1 saturated heterocycles. The number of thioether (sulfide) groups is 1. The van der Waals surface area contributed by atoms with Crippen LogP contribution in [-0.4, -0.2) is 28.5 Å². The molecule has 0 N–H and O–H groups in total. The number of hydrogen-bond acceptors (Lipinski definition) is 3. The Balaban J connectivity index is 1.36. The lowest BCUT2D eigenvalue weighted by Gasteiger charge is -2.25. The number of rotatable bonds is 4. The summed E-state index contributed by atoms with van der Waals surface area (Å²) < 4.78 is 0. The third-order valence-corrected chi connectivity index (χ3v) is 7.29. The molecule has 3 aromatic carbocycles. The minimum Gasteiger partial charge on any atom is -0.322 e. The fourth-order valence-electron chi connectivity index (χ4n) is 4.49. The Bertz CT molecular complexity index is 1110. The topological polar surface area (TPSA) is 40.6 Å². The van der Waals surface area contributed by atoms with Crippen molar-refractivity contribution in [3.63, 3.8) is 0 Å². The highest BCUT2D eigenvalue weighted by atomic mass is 32.2. The second-order valence-corrected chi connectivity index (χ2v) is 9.22. The summed E-state index contributed by atoms with van der Waals surface area (Å²) in [5.74, 6) is 0.669. The van der Waals surface area contributed by atoms with Crippen molar-refractivity contribution in [2.24, 2.45) is 0 Å². The third kappa shape index (κ3) is 3.74. The van der Waals surface area contributed by atoms with E-state index in [2.05, 4.69) is 13.0 Å². The Morgan fingerprint density at radius 2 is 1.68 bits per heavy atom. The quantitative estimate of drug-likeness (QED) is 0.584. The van der Waals surface area contributed by atoms with Crippen molar-refractivity contribution in [2.75, 3.05) is 10.7 Å². The summed E-state index contributed by atoms with van der Waals surface area (Å²) in [6, 6.07) is 26.1. The molecule has 1 fully saturated rings. The van der Waals surface area contributed by atoms with Gasteiger partial charge in [-0.05, 0) is 48.2 Å². The molecule has 0 aliphatic carbocycles. The molecule has 4 nitrogen and oxygen atoms in total. The first-order valence-electron chi connectivity index (χ1n) is 10.6. The van der Waals surface area contributed by atoms with E-state index >= 15 is 0 Å². The van der Waals surface area contributed by atoms with Crippen molar-refractivity contribution in [3.8, 4) is 0 Å². The maximum absolute atomic E-state index is 13.3. The molecule has 5 rings (SSSR count). The summed E-state index contributed by atoms with van der Waals surface area (Å²) in [7, 11) is 0. The van der Waals surface area contributed by atoms with E-state index in [0.29, 0.717) is 17.9 Å². The van der Waals surface area contributed by atoms with Gasteiger partial charge in [-0.25, -0.2) is 0 Å². The molecular formula is C26H24N2O2S. The van der Waals surface area contributed by atoms with Crippen LogP contribution in [-0.2, 0) is 17.8 Å². The van der Waals surface area contributed by atoms with E-state index < -0.39 is 0 Å². The number of amides is 2. The van der Waals surface area contributed by atoms with Crippen molar-refractivity contribution in [1.82, 2.24) is 4.90 Å². The highest BCUT2D eigenvalue weighted by molar-refractivity contribution is 8.00. The maximum atomic E-state index is 13.3. The van der Waals surface area contributed by atoms with Crippen LogP contribution in [0.15, 0.2) is 78.9 Å². The van der Waals surface area contributed by atoms with Crippen LogP contribution in [0, 0.1) is 0 Å². The summed E-state index contributed by atoms with van der Waals surface area (Å²) in [5.41, 5.74) is 5.08. The number of benzene rings is 3. The summed E-state index contributed by atoms with van der Waals surface area (Å²) >= 11 is 1.64. The van der Waals surface area contributed by atoms with Crippen molar-refractivity contribution in [2.45, 2.75) is 31.3 Å². The second-order valence-electron chi connectivity index (χ2n) is 8.15. The Morgan fingerprint density at radius 3 is 2.45 bits per heavy atom. The molecule has 5 heteroatoms. The van der Waals surface area contributed by atoms with Gasteiger partial charge in [0.1, 0.15) is 5.37 Å². The fourth-order valence-corrected chi connectivity index (χ4v) is 5.67. The number of carbonyl (C=O) groups is 2. The highest BCUT2D eigenvalue weighted by Gasteiger charge is 2.34. The van der Waals surface area contributed by atoms with Gasteiger partial charge in [-0.15, -0.1) is 11.8 Å². The molecule has 2 aliphatic rings. The summed E-state index contributed by atoms with van der Waals surface area (Å²) in [6.07, 6.45) is 0.884. The molecule has 0 spiro atoms. The van der Waals surface area contributed by atoms with E-state index in [9.17, 15) is 9.59 Å². The minimum atomic E-state index is -0.0247. The molecule has 3 aromatic rings. The summed E-state index contributed by atoms with van der Waals surface area (Å²) in [4.78, 5) is 29.6. The number of para-hydroxylation sites is 1. The molecule has 2 heterocycles. The van der Waals surface area contributed by atoms with Crippen molar-refractivity contribution in [3.05, 3.63) is 101 Å². The first kappa shape index (κ1) is 19.9. The van der Waals surface area contributed by atoms with Gasteiger partial charge in [0.2, 0.25) is 5.91 Å². The van der Waals surface area contributed by atoms with Crippen LogP contribution in [0.1, 0.15) is 39.3 Å². The molecule has 31 heavy (non-hydrogen) atoms. The van der Waals surface area contributed by atoms with Gasteiger partial charge in [0.15, 0.2) is 0 Å². The molecule has 0 bridgehead atoms. The van der Waals surface area contributed by atoms with Crippen LogP contribution in [0.3, 0.4) is 0 Å². The molecule has 0 radical (unpaired) electrons. The lowest BCUT2D eigenvalue weighted by molar-refractivity contribution is -0.128. The van der Waals surface area contributed by atoms with Crippen molar-refractivity contribution >= 4 is 29.3 Å². The van der Waals surface area contributed by atoms with Crippen LogP contribution in [0.25, 0.3) is 0 Å². The van der Waals surface area contributed by atoms with E-state index in [4.69, 9.17) is 0 Å². The molecular weight excluding hydrogens is 404 g/mol. The zero-order valence-electron chi connectivity index (χ0n) is 17.4. The van der Waals surface area contributed by atoms with Crippen molar-refractivity contribution < 1.29 is 9.59 Å². The molecule has 0 saturated carbocycles. The van der Waals surface area contributed by atoms with E-state index in [-0.39, 0.29) is 23.2 Å². The molecule has 156 valence electrons. The standard InChI is InChI=1S/C26H24N2O2S/c1-18-15-22-9-5-6-10-23(22)28(18)25(30)20-11-13-21(14-12-20)26-27(24(29)17-31-26)16-19-7-3-2-4-8-19/h2-14,18,26H,15-17H2,1H3/t18-,26+/m1/s1. The minimum absolute atomic E-state index is 0.0247. The van der Waals surface area contributed by atoms with Gasteiger partial charge in [-0.2, -0.15) is 0 Å². The average molecular weight is 429 g/mol. The lowest BCUT2D eigenvalue weighted by Crippen LogP contribution is -2.35. The van der Waals surface area contributed by atoms with Gasteiger partial charge in [-0.3, -0.25) is 9.59 Å². The van der Waals surface area contributed by atoms with Crippen LogP contribution in [0.4, 0.5) is 5.69 Å². The van der Waals surface area contributed by atoms with Crippen LogP contribution < -0.4 is 4.90 Å². The largest absolute Gasteiger partial charge is 0.322 e. The van der Waals surface area contributed by atoms with Gasteiger partial charge in [0.05, 0.1) is 5.75 Å². The number of fused-ring (bicyclic) bond motifs is 1. The molecule has 0 unspecified atom stereocenters. The lowest BCUT2D eigenvalue weighted by atomic mass is 10.1. The summed E-state index contributed by atoms with van der Waals surface area (Å²) in [5, 5.41) is -0.0247. The predicted octanol–water partition coefficient (Wildman–Crippen LogP) is 5.05. The fraction of sp³-hybridized carbons (Fsp3) is 0.231. The van der Waals surface area contributed by atoms with Crippen LogP contribution in [0.5, 0.6) is 0 Å². The number of carbonyl (C=O) groups excluding carboxylic acids is 2. The Hall–Kier alpha value is -3.05. The Morgan fingerprint density at radius 1 is 0.968 bits per heavy atom. The molecule has 2 aliphatic heterocycles. The first-order chi connectivity index (χ1) is 15.1. The zero-order chi connectivity index (χ0) is 21.4. The molecule has 2 atom stereocenters. The van der Waals surface area contributed by atoms with Crippen molar-refractivity contribution in [1.29, 1.82) is 0 Å². The molecule has 2 amide bonds. The Labute approximate surface area is 186 Å². The monoisotopic (exact) mass is 428 g/mol.